The number of nitro groups is 1. The van der Waals surface area contributed by atoms with Gasteiger partial charge in [-0.05, 0) is 71.7 Å². The summed E-state index contributed by atoms with van der Waals surface area (Å²) in [5.41, 5.74) is 4.72. The van der Waals surface area contributed by atoms with Crippen molar-refractivity contribution >= 4 is 44.8 Å². The first-order valence-electron chi connectivity index (χ1n) is 9.01. The number of anilines is 1. The molecular formula is C21H17BrN4O5. The molecule has 31 heavy (non-hydrogen) atoms. The molecule has 0 radical (unpaired) electrons. The molecular weight excluding hydrogens is 468 g/mol. The molecule has 0 atom stereocenters. The van der Waals surface area contributed by atoms with E-state index in [4.69, 9.17) is 4.42 Å². The smallest absolute Gasteiger partial charge is 0.291 e. The van der Waals surface area contributed by atoms with Crippen molar-refractivity contribution in [2.75, 3.05) is 5.32 Å². The van der Waals surface area contributed by atoms with Crippen LogP contribution in [0, 0.1) is 17.0 Å². The Morgan fingerprint density at radius 3 is 2.48 bits per heavy atom. The van der Waals surface area contributed by atoms with Crippen LogP contribution in [0.1, 0.15) is 39.0 Å². The van der Waals surface area contributed by atoms with Crippen molar-refractivity contribution in [1.82, 2.24) is 5.43 Å². The highest BCUT2D eigenvalue weighted by Gasteiger charge is 2.14. The maximum Gasteiger partial charge on any atom is 0.291 e. The molecule has 0 bridgehead atoms. The van der Waals surface area contributed by atoms with Gasteiger partial charge in [-0.3, -0.25) is 19.7 Å². The summed E-state index contributed by atoms with van der Waals surface area (Å²) >= 11 is 3.15. The fraction of sp³-hybridized carbons (Fsp3) is 0.0952. The third kappa shape index (κ3) is 5.43. The second kappa shape index (κ2) is 9.35. The number of hydrogen-bond donors (Lipinski definition) is 2. The van der Waals surface area contributed by atoms with Crippen LogP contribution in [-0.4, -0.2) is 22.4 Å². The molecule has 0 aliphatic heterocycles. The monoisotopic (exact) mass is 484 g/mol. The summed E-state index contributed by atoms with van der Waals surface area (Å²) in [6.45, 7) is 3.26. The third-order valence-electron chi connectivity index (χ3n) is 4.32. The van der Waals surface area contributed by atoms with E-state index in [2.05, 4.69) is 31.8 Å². The van der Waals surface area contributed by atoms with Crippen LogP contribution >= 0.6 is 15.9 Å². The van der Waals surface area contributed by atoms with Crippen molar-refractivity contribution in [3.63, 3.8) is 0 Å². The van der Waals surface area contributed by atoms with E-state index >= 15 is 0 Å². The van der Waals surface area contributed by atoms with Crippen LogP contribution in [0.5, 0.6) is 0 Å². The molecule has 0 saturated heterocycles. The first kappa shape index (κ1) is 21.9. The van der Waals surface area contributed by atoms with Gasteiger partial charge in [0.2, 0.25) is 0 Å². The molecule has 1 heterocycles. The van der Waals surface area contributed by atoms with E-state index in [1.165, 1.54) is 18.2 Å². The van der Waals surface area contributed by atoms with Gasteiger partial charge in [0.25, 0.3) is 17.5 Å². The van der Waals surface area contributed by atoms with Crippen LogP contribution in [0.3, 0.4) is 0 Å². The summed E-state index contributed by atoms with van der Waals surface area (Å²) in [5, 5.41) is 17.7. The minimum Gasteiger partial charge on any atom is -0.444 e. The fourth-order valence-corrected chi connectivity index (χ4v) is 3.02. The molecule has 2 aromatic carbocycles. The molecule has 158 valence electrons. The largest absolute Gasteiger partial charge is 0.444 e. The van der Waals surface area contributed by atoms with Gasteiger partial charge in [0, 0.05) is 22.9 Å². The number of aryl methyl sites for hydroxylation is 1. The number of hydrogen-bond acceptors (Lipinski definition) is 6. The number of nitrogens with one attached hydrogen (secondary N) is 2. The number of nitrogens with zero attached hydrogens (tertiary/aromatic N) is 2. The predicted molar refractivity (Wildman–Crippen MR) is 118 cm³/mol. The van der Waals surface area contributed by atoms with Crippen molar-refractivity contribution in [2.45, 2.75) is 13.8 Å². The van der Waals surface area contributed by atoms with Gasteiger partial charge >= 0.3 is 0 Å². The van der Waals surface area contributed by atoms with Crippen molar-refractivity contribution in [1.29, 1.82) is 0 Å². The molecule has 3 aromatic rings. The first-order valence-corrected chi connectivity index (χ1v) is 9.80. The molecule has 2 N–H and O–H groups in total. The summed E-state index contributed by atoms with van der Waals surface area (Å²) in [4.78, 5) is 34.9. The Hall–Kier alpha value is -3.79. The quantitative estimate of drug-likeness (QED) is 0.298. The van der Waals surface area contributed by atoms with Crippen molar-refractivity contribution in [2.24, 2.45) is 5.10 Å². The molecule has 2 amide bonds. The third-order valence-corrected chi connectivity index (χ3v) is 4.74. The highest BCUT2D eigenvalue weighted by Crippen LogP contribution is 2.19. The second-order valence-corrected chi connectivity index (χ2v) is 7.32. The number of carbonyl (C=O) groups is 2. The second-order valence-electron chi connectivity index (χ2n) is 6.54. The summed E-state index contributed by atoms with van der Waals surface area (Å²) < 4.78 is 5.68. The predicted octanol–water partition coefficient (Wildman–Crippen LogP) is 4.67. The lowest BCUT2D eigenvalue weighted by atomic mass is 10.1. The van der Waals surface area contributed by atoms with Crippen LogP contribution in [0.2, 0.25) is 0 Å². The van der Waals surface area contributed by atoms with Gasteiger partial charge in [-0.2, -0.15) is 5.10 Å². The molecule has 9 nitrogen and oxygen atoms in total. The van der Waals surface area contributed by atoms with Crippen molar-refractivity contribution < 1.29 is 18.9 Å². The summed E-state index contributed by atoms with van der Waals surface area (Å²) in [6, 6.07) is 14.2. The zero-order chi connectivity index (χ0) is 22.5. The van der Waals surface area contributed by atoms with E-state index in [9.17, 15) is 19.7 Å². The molecule has 0 fully saturated rings. The van der Waals surface area contributed by atoms with Crippen LogP contribution < -0.4 is 10.7 Å². The van der Waals surface area contributed by atoms with E-state index in [-0.39, 0.29) is 17.0 Å². The lowest BCUT2D eigenvalue weighted by molar-refractivity contribution is -0.385. The number of carbonyl (C=O) groups excluding carboxylic acids is 2. The number of hydrazone groups is 1. The van der Waals surface area contributed by atoms with E-state index in [0.717, 1.165) is 0 Å². The summed E-state index contributed by atoms with van der Waals surface area (Å²) in [7, 11) is 0. The van der Waals surface area contributed by atoms with Gasteiger partial charge in [0.1, 0.15) is 0 Å². The van der Waals surface area contributed by atoms with Gasteiger partial charge in [0.05, 0.1) is 10.6 Å². The highest BCUT2D eigenvalue weighted by molar-refractivity contribution is 9.10. The maximum absolute atomic E-state index is 12.3. The van der Waals surface area contributed by atoms with Crippen LogP contribution in [-0.2, 0) is 0 Å². The zero-order valence-electron chi connectivity index (χ0n) is 16.5. The first-order chi connectivity index (χ1) is 14.7. The average molecular weight is 485 g/mol. The Morgan fingerprint density at radius 1 is 1.06 bits per heavy atom. The van der Waals surface area contributed by atoms with Gasteiger partial charge < -0.3 is 9.73 Å². The Balaban J connectivity index is 1.69. The van der Waals surface area contributed by atoms with Crippen LogP contribution in [0.25, 0.3) is 0 Å². The summed E-state index contributed by atoms with van der Waals surface area (Å²) in [5.74, 6) is -0.738. The van der Waals surface area contributed by atoms with Gasteiger partial charge in [0.15, 0.2) is 10.4 Å². The Kier molecular flexibility index (Phi) is 6.61. The number of amides is 2. The zero-order valence-corrected chi connectivity index (χ0v) is 18.1. The van der Waals surface area contributed by atoms with E-state index in [1.54, 1.807) is 50.2 Å². The molecule has 0 spiro atoms. The number of furan rings is 1. The average Bonchev–Trinajstić information content (AvgIpc) is 3.18. The summed E-state index contributed by atoms with van der Waals surface area (Å²) in [6.07, 6.45) is 0. The maximum atomic E-state index is 12.3. The van der Waals surface area contributed by atoms with Gasteiger partial charge in [-0.1, -0.05) is 12.1 Å². The van der Waals surface area contributed by atoms with E-state index < -0.39 is 16.7 Å². The van der Waals surface area contributed by atoms with Gasteiger partial charge in [-0.25, -0.2) is 5.43 Å². The number of rotatable bonds is 6. The Morgan fingerprint density at radius 2 is 1.84 bits per heavy atom. The SMILES string of the molecule is CC(=NNC(=O)c1ccc([N+](=O)[O-])c(C)c1)c1cccc(NC(=O)c2ccc(Br)o2)c1. The molecule has 0 saturated carbocycles. The highest BCUT2D eigenvalue weighted by atomic mass is 79.9. The Labute approximate surface area is 185 Å². The molecule has 3 rings (SSSR count). The molecule has 0 unspecified atom stereocenters. The van der Waals surface area contributed by atoms with Crippen molar-refractivity contribution in [3.05, 3.63) is 91.8 Å². The van der Waals surface area contributed by atoms with Crippen LogP contribution in [0.15, 0.2) is 68.8 Å². The number of nitro benzene ring substituents is 1. The normalized spacial score (nSPS) is 11.1. The van der Waals surface area contributed by atoms with E-state index in [0.29, 0.717) is 27.2 Å². The van der Waals surface area contributed by atoms with Crippen molar-refractivity contribution in [3.8, 4) is 0 Å². The molecule has 0 aliphatic rings. The number of halogens is 1. The molecule has 1 aromatic heterocycles. The standard InChI is InChI=1S/C21H17BrN4O5/c1-12-10-15(6-7-17(12)26(29)30)20(27)25-24-13(2)14-4-3-5-16(11-14)23-21(28)18-8-9-19(22)31-18/h3-11H,1-2H3,(H,23,28)(H,25,27). The fourth-order valence-electron chi connectivity index (χ4n) is 2.72. The topological polar surface area (TPSA) is 127 Å². The van der Waals surface area contributed by atoms with Crippen LogP contribution in [0.4, 0.5) is 11.4 Å². The minimum atomic E-state index is -0.504. The molecule has 10 heteroatoms. The number of benzene rings is 2. The Bertz CT molecular complexity index is 1200. The van der Waals surface area contributed by atoms with E-state index in [1.807, 2.05) is 0 Å². The minimum absolute atomic E-state index is 0.0583. The van der Waals surface area contributed by atoms with Gasteiger partial charge in [-0.15, -0.1) is 0 Å². The molecule has 0 aliphatic carbocycles. The lowest BCUT2D eigenvalue weighted by Crippen LogP contribution is -2.19. The lowest BCUT2D eigenvalue weighted by Gasteiger charge is -2.07.